The summed E-state index contributed by atoms with van der Waals surface area (Å²) in [5.41, 5.74) is 11.9. The fourth-order valence-electron chi connectivity index (χ4n) is 6.58. The van der Waals surface area contributed by atoms with Gasteiger partial charge in [-0.2, -0.15) is 0 Å². The van der Waals surface area contributed by atoms with E-state index in [0.717, 1.165) is 0 Å². The molecule has 1 aliphatic carbocycles. The van der Waals surface area contributed by atoms with Crippen molar-refractivity contribution in [2.45, 2.75) is 22.1 Å². The molecule has 1 heteroatoms. The van der Waals surface area contributed by atoms with Crippen molar-refractivity contribution in [1.29, 1.82) is 0 Å². The van der Waals surface area contributed by atoms with Gasteiger partial charge in [-0.15, -0.1) is 0 Å². The highest BCUT2D eigenvalue weighted by Crippen LogP contribution is 2.55. The van der Waals surface area contributed by atoms with Gasteiger partial charge < -0.3 is 0 Å². The minimum atomic E-state index is -0.167. The number of hydrogen-bond acceptors (Lipinski definition) is 1. The lowest BCUT2D eigenvalue weighted by Gasteiger charge is -2.28. The average Bonchev–Trinajstić information content (AvgIpc) is 3.22. The first-order valence-corrected chi connectivity index (χ1v) is 13.7. The second-order valence-electron chi connectivity index (χ2n) is 10.2. The maximum absolute atomic E-state index is 2.44. The Morgan fingerprint density at radius 3 is 2.14 bits per heavy atom. The quantitative estimate of drug-likeness (QED) is 0.233. The van der Waals surface area contributed by atoms with Gasteiger partial charge in [-0.1, -0.05) is 121 Å². The second-order valence-corrected chi connectivity index (χ2v) is 11.3. The average molecular weight is 489 g/mol. The minimum absolute atomic E-state index is 0.167. The van der Waals surface area contributed by atoms with Crippen LogP contribution in [-0.4, -0.2) is 0 Å². The van der Waals surface area contributed by atoms with Crippen LogP contribution in [0, 0.1) is 0 Å². The van der Waals surface area contributed by atoms with Gasteiger partial charge in [0, 0.05) is 20.6 Å². The molecular weight excluding hydrogens is 464 g/mol. The van der Waals surface area contributed by atoms with E-state index in [1.807, 2.05) is 11.8 Å². The van der Waals surface area contributed by atoms with Gasteiger partial charge in [0.1, 0.15) is 0 Å². The first-order valence-electron chi connectivity index (χ1n) is 12.9. The van der Waals surface area contributed by atoms with Crippen molar-refractivity contribution in [3.8, 4) is 33.4 Å². The smallest absolute Gasteiger partial charge is 0.0435 e. The first-order chi connectivity index (χ1) is 18.2. The van der Waals surface area contributed by atoms with E-state index in [2.05, 4.69) is 134 Å². The maximum Gasteiger partial charge on any atom is 0.0435 e. The zero-order chi connectivity index (χ0) is 24.6. The monoisotopic (exact) mass is 488 g/mol. The fraction of sp³-hybridized carbons (Fsp3) is 0.0556. The summed E-state index contributed by atoms with van der Waals surface area (Å²) in [6.45, 7) is 2.38. The van der Waals surface area contributed by atoms with Gasteiger partial charge in [0.2, 0.25) is 0 Å². The fourth-order valence-corrected chi connectivity index (χ4v) is 7.72. The summed E-state index contributed by atoms with van der Waals surface area (Å²) < 4.78 is 0. The third-order valence-electron chi connectivity index (χ3n) is 8.36. The molecule has 8 rings (SSSR count). The highest BCUT2D eigenvalue weighted by Gasteiger charge is 2.40. The lowest BCUT2D eigenvalue weighted by atomic mass is 9.74. The third-order valence-corrected chi connectivity index (χ3v) is 9.50. The molecule has 0 spiro atoms. The van der Waals surface area contributed by atoms with Crippen LogP contribution in [0.5, 0.6) is 0 Å². The lowest BCUT2D eigenvalue weighted by molar-refractivity contribution is 0.714. The topological polar surface area (TPSA) is 0 Å². The zero-order valence-corrected chi connectivity index (χ0v) is 21.3. The van der Waals surface area contributed by atoms with Crippen LogP contribution in [0.25, 0.3) is 44.2 Å². The Kier molecular flexibility index (Phi) is 4.39. The summed E-state index contributed by atoms with van der Waals surface area (Å²) in [5, 5.41) is 2.68. The molecule has 0 saturated carbocycles. The van der Waals surface area contributed by atoms with Gasteiger partial charge in [-0.3, -0.25) is 0 Å². The molecule has 6 aromatic rings. The van der Waals surface area contributed by atoms with Crippen LogP contribution in [0.1, 0.15) is 23.6 Å². The summed E-state index contributed by atoms with van der Waals surface area (Å²) >= 11 is 1.89. The number of hydrogen-bond donors (Lipinski definition) is 0. The van der Waals surface area contributed by atoms with Crippen LogP contribution in [0.15, 0.2) is 137 Å². The van der Waals surface area contributed by atoms with Gasteiger partial charge in [-0.05, 0) is 80.6 Å². The second kappa shape index (κ2) is 7.71. The number of rotatable bonds is 2. The zero-order valence-electron chi connectivity index (χ0n) is 20.5. The molecule has 0 amide bonds. The molecule has 0 fully saturated rings. The molecule has 37 heavy (non-hydrogen) atoms. The van der Waals surface area contributed by atoms with Crippen LogP contribution in [0.3, 0.4) is 0 Å². The molecule has 0 nitrogen and oxygen atoms in total. The van der Waals surface area contributed by atoms with Gasteiger partial charge in [-0.25, -0.2) is 0 Å². The predicted octanol–water partition coefficient (Wildman–Crippen LogP) is 9.97. The molecule has 2 aliphatic rings. The van der Waals surface area contributed by atoms with Crippen LogP contribution in [0.2, 0.25) is 0 Å². The molecular formula is C36H24S. The third kappa shape index (κ3) is 2.86. The van der Waals surface area contributed by atoms with E-state index in [-0.39, 0.29) is 5.41 Å². The molecule has 0 saturated heterocycles. The van der Waals surface area contributed by atoms with Crippen molar-refractivity contribution >= 4 is 22.5 Å². The normalized spacial score (nSPS) is 16.8. The van der Waals surface area contributed by atoms with Crippen molar-refractivity contribution in [2.75, 3.05) is 0 Å². The largest absolute Gasteiger partial charge is 0.0888 e. The SMILES string of the molecule is CC1(c2ccccc2)c2ccccc2-c2cc(-c3ccc4cccc5c4c3-c3ccccc3S5)ccc21. The molecule has 6 aromatic carbocycles. The van der Waals surface area contributed by atoms with Gasteiger partial charge in [0.15, 0.2) is 0 Å². The summed E-state index contributed by atoms with van der Waals surface area (Å²) in [5.74, 6) is 0. The molecule has 1 unspecified atom stereocenters. The van der Waals surface area contributed by atoms with Crippen LogP contribution in [0.4, 0.5) is 0 Å². The molecule has 0 bridgehead atoms. The molecule has 1 atom stereocenters. The van der Waals surface area contributed by atoms with E-state index in [1.165, 1.54) is 70.6 Å². The Hall–Kier alpha value is -4.07. The maximum atomic E-state index is 2.44. The van der Waals surface area contributed by atoms with Gasteiger partial charge in [0.05, 0.1) is 0 Å². The van der Waals surface area contributed by atoms with Crippen molar-refractivity contribution in [2.24, 2.45) is 0 Å². The standard InChI is InChI=1S/C36H24S/c1-36(25-11-3-2-4-12-25)30-15-7-5-13-27(30)29-22-24(19-21-31(29)36)26-20-18-23-10-9-17-33-34(23)35(26)28-14-6-8-16-32(28)37-33/h2-22H,1H3. The molecule has 0 aromatic heterocycles. The Labute approximate surface area is 221 Å². The Morgan fingerprint density at radius 2 is 1.24 bits per heavy atom. The van der Waals surface area contributed by atoms with Gasteiger partial charge in [0.25, 0.3) is 0 Å². The molecule has 1 heterocycles. The minimum Gasteiger partial charge on any atom is -0.0888 e. The summed E-state index contributed by atoms with van der Waals surface area (Å²) in [6.07, 6.45) is 0. The summed E-state index contributed by atoms with van der Waals surface area (Å²) in [4.78, 5) is 2.68. The lowest BCUT2D eigenvalue weighted by Crippen LogP contribution is -2.22. The molecule has 0 radical (unpaired) electrons. The van der Waals surface area contributed by atoms with Crippen molar-refractivity contribution < 1.29 is 0 Å². The van der Waals surface area contributed by atoms with Gasteiger partial charge >= 0.3 is 0 Å². The van der Waals surface area contributed by atoms with Crippen LogP contribution < -0.4 is 0 Å². The Morgan fingerprint density at radius 1 is 0.514 bits per heavy atom. The number of fused-ring (bicyclic) bond motifs is 5. The molecule has 174 valence electrons. The Bertz CT molecular complexity index is 1860. The van der Waals surface area contributed by atoms with Crippen molar-refractivity contribution in [1.82, 2.24) is 0 Å². The van der Waals surface area contributed by atoms with Crippen LogP contribution >= 0.6 is 11.8 Å². The van der Waals surface area contributed by atoms with E-state index in [1.54, 1.807) is 0 Å². The van der Waals surface area contributed by atoms with E-state index in [0.29, 0.717) is 0 Å². The van der Waals surface area contributed by atoms with Crippen molar-refractivity contribution in [3.63, 3.8) is 0 Å². The van der Waals surface area contributed by atoms with E-state index < -0.39 is 0 Å². The van der Waals surface area contributed by atoms with Crippen molar-refractivity contribution in [3.05, 3.63) is 144 Å². The van der Waals surface area contributed by atoms with E-state index in [9.17, 15) is 0 Å². The highest BCUT2D eigenvalue weighted by atomic mass is 32.2. The highest BCUT2D eigenvalue weighted by molar-refractivity contribution is 7.99. The number of benzene rings is 6. The molecule has 0 N–H and O–H groups in total. The summed E-state index contributed by atoms with van der Waals surface area (Å²) in [6, 6.07) is 47.2. The van der Waals surface area contributed by atoms with E-state index in [4.69, 9.17) is 0 Å². The molecule has 1 aliphatic heterocycles. The van der Waals surface area contributed by atoms with Crippen LogP contribution in [-0.2, 0) is 5.41 Å². The van der Waals surface area contributed by atoms with E-state index >= 15 is 0 Å². The first kappa shape index (κ1) is 21.1. The predicted molar refractivity (Wildman–Crippen MR) is 156 cm³/mol. The summed E-state index contributed by atoms with van der Waals surface area (Å²) in [7, 11) is 0. The Balaban J connectivity index is 1.41.